The van der Waals surface area contributed by atoms with Gasteiger partial charge in [-0.15, -0.1) is 0 Å². The number of aryl methyl sites for hydroxylation is 1. The third kappa shape index (κ3) is 1.04. The van der Waals surface area contributed by atoms with Crippen LogP contribution in [-0.2, 0) is 13.5 Å². The fourth-order valence-corrected chi connectivity index (χ4v) is 3.19. The fraction of sp³-hybridized carbons (Fsp3) is 0.125. The molecule has 0 fully saturated rings. The zero-order chi connectivity index (χ0) is 15.8. The van der Waals surface area contributed by atoms with Gasteiger partial charge in [0.2, 0.25) is 5.82 Å². The summed E-state index contributed by atoms with van der Waals surface area (Å²) in [5.74, 6) is 0.705. The van der Waals surface area contributed by atoms with Crippen molar-refractivity contribution in [3.63, 3.8) is 0 Å². The van der Waals surface area contributed by atoms with E-state index in [1.807, 2.05) is 51.6 Å². The Labute approximate surface area is 119 Å². The lowest BCUT2D eigenvalue weighted by Gasteiger charge is -1.97. The summed E-state index contributed by atoms with van der Waals surface area (Å²) in [5, 5.41) is 0. The van der Waals surface area contributed by atoms with Crippen LogP contribution in [0.25, 0.3) is 28.1 Å². The van der Waals surface area contributed by atoms with E-state index in [9.17, 15) is 0 Å². The number of aromatic nitrogens is 4. The maximum Gasteiger partial charge on any atom is 0.273 e. The van der Waals surface area contributed by atoms with E-state index in [1.165, 1.54) is 4.57 Å². The predicted molar refractivity (Wildman–Crippen MR) is 76.4 cm³/mol. The molecule has 0 aliphatic carbocycles. The molecule has 0 saturated carbocycles. The molecule has 20 heavy (non-hydrogen) atoms. The Balaban J connectivity index is 2.01. The highest BCUT2D eigenvalue weighted by Gasteiger charge is 2.32. The van der Waals surface area contributed by atoms with E-state index in [0.29, 0.717) is 18.0 Å². The van der Waals surface area contributed by atoms with Crippen molar-refractivity contribution in [1.29, 1.82) is 0 Å². The number of imidazole rings is 1. The lowest BCUT2D eigenvalue weighted by atomic mass is 10.2. The molecule has 0 bridgehead atoms. The Kier molecular flexibility index (Phi) is 1.29. The minimum Gasteiger partial charge on any atom is -0.257 e. The molecule has 0 N–H and O–H groups in total. The van der Waals surface area contributed by atoms with E-state index in [4.69, 9.17) is 4.11 Å². The van der Waals surface area contributed by atoms with Crippen molar-refractivity contribution >= 4 is 16.7 Å². The third-order valence-corrected chi connectivity index (χ3v) is 4.04. The smallest absolute Gasteiger partial charge is 0.257 e. The largest absolute Gasteiger partial charge is 0.273 e. The molecule has 1 aliphatic heterocycles. The molecule has 0 atom stereocenters. The number of pyridine rings is 2. The maximum absolute atomic E-state index is 8.04. The summed E-state index contributed by atoms with van der Waals surface area (Å²) in [6.07, 6.45) is 3.65. The van der Waals surface area contributed by atoms with Crippen LogP contribution in [0.2, 0.25) is 0 Å². The molecule has 4 aromatic rings. The molecule has 0 unspecified atom stereocenters. The van der Waals surface area contributed by atoms with Crippen molar-refractivity contribution in [2.24, 2.45) is 6.98 Å². The van der Waals surface area contributed by atoms with Crippen molar-refractivity contribution in [2.75, 3.05) is 0 Å². The maximum atomic E-state index is 8.04. The van der Waals surface area contributed by atoms with Gasteiger partial charge < -0.3 is 0 Å². The van der Waals surface area contributed by atoms with E-state index in [-0.39, 0.29) is 0 Å². The summed E-state index contributed by atoms with van der Waals surface area (Å²) in [6.45, 7) is -1.66. The number of hydrogen-bond acceptors (Lipinski definition) is 1. The first kappa shape index (κ1) is 7.85. The topological polar surface area (TPSA) is 26.1 Å². The van der Waals surface area contributed by atoms with Crippen LogP contribution < -0.4 is 4.57 Å². The van der Waals surface area contributed by atoms with Gasteiger partial charge in [0.1, 0.15) is 12.1 Å². The molecule has 4 nitrogen and oxygen atoms in total. The van der Waals surface area contributed by atoms with Crippen LogP contribution in [0.4, 0.5) is 0 Å². The van der Waals surface area contributed by atoms with E-state index in [2.05, 4.69) is 4.98 Å². The molecule has 5 heterocycles. The zero-order valence-electron chi connectivity index (χ0n) is 13.6. The highest BCUT2D eigenvalue weighted by atomic mass is 15.2. The quantitative estimate of drug-likeness (QED) is 0.394. The molecule has 0 amide bonds. The molecule has 0 spiro atoms. The Morgan fingerprint density at radius 1 is 1.30 bits per heavy atom. The standard InChI is InChI=1S/C16H13N4/c1-18-15-12-6-4-7-17-13(12)10-20(15)14-9-11-5-2-3-8-19(11)16(14)18/h2-9H,10H2,1H3/q+1/i1D3. The number of rotatable bonds is 0. The molecule has 4 heteroatoms. The monoisotopic (exact) mass is 264 g/mol. The Morgan fingerprint density at radius 3 is 3.25 bits per heavy atom. The van der Waals surface area contributed by atoms with Crippen LogP contribution >= 0.6 is 0 Å². The molecule has 1 aliphatic rings. The Morgan fingerprint density at radius 2 is 2.30 bits per heavy atom. The fourth-order valence-electron chi connectivity index (χ4n) is 3.19. The molecule has 0 saturated heterocycles. The molecular weight excluding hydrogens is 248 g/mol. The third-order valence-electron chi connectivity index (χ3n) is 4.04. The second-order valence-electron chi connectivity index (χ2n) is 5.09. The van der Waals surface area contributed by atoms with Crippen LogP contribution in [0.3, 0.4) is 0 Å². The summed E-state index contributed by atoms with van der Waals surface area (Å²) < 4.78 is 29.6. The summed E-state index contributed by atoms with van der Waals surface area (Å²) in [4.78, 5) is 4.41. The second-order valence-corrected chi connectivity index (χ2v) is 5.09. The van der Waals surface area contributed by atoms with Crippen LogP contribution in [0.5, 0.6) is 0 Å². The first-order chi connectivity index (χ1) is 11.1. The average Bonchev–Trinajstić information content (AvgIpc) is 3.13. The first-order valence-electron chi connectivity index (χ1n) is 8.05. The van der Waals surface area contributed by atoms with Gasteiger partial charge in [-0.05, 0) is 24.3 Å². The lowest BCUT2D eigenvalue weighted by molar-refractivity contribution is -0.636. The van der Waals surface area contributed by atoms with Crippen molar-refractivity contribution < 1.29 is 8.68 Å². The van der Waals surface area contributed by atoms with Crippen molar-refractivity contribution in [1.82, 2.24) is 14.0 Å². The summed E-state index contributed by atoms with van der Waals surface area (Å²) in [7, 11) is 0. The lowest BCUT2D eigenvalue weighted by Crippen LogP contribution is -2.30. The highest BCUT2D eigenvalue weighted by molar-refractivity contribution is 5.83. The van der Waals surface area contributed by atoms with Gasteiger partial charge in [0.25, 0.3) is 5.65 Å². The van der Waals surface area contributed by atoms with Gasteiger partial charge in [-0.1, -0.05) is 6.07 Å². The van der Waals surface area contributed by atoms with Crippen molar-refractivity contribution in [3.8, 4) is 11.4 Å². The molecule has 0 aromatic carbocycles. The van der Waals surface area contributed by atoms with E-state index in [1.54, 1.807) is 6.20 Å². The summed E-state index contributed by atoms with van der Waals surface area (Å²) in [5.41, 5.74) is 4.40. The predicted octanol–water partition coefficient (Wildman–Crippen LogP) is 2.14. The van der Waals surface area contributed by atoms with E-state index < -0.39 is 6.98 Å². The number of nitrogens with zero attached hydrogens (tertiary/aromatic N) is 4. The molecule has 96 valence electrons. The number of fused-ring (bicyclic) bond motifs is 7. The Bertz CT molecular complexity index is 1090. The molecule has 0 radical (unpaired) electrons. The van der Waals surface area contributed by atoms with Gasteiger partial charge in [0.05, 0.1) is 28.5 Å². The van der Waals surface area contributed by atoms with Crippen LogP contribution in [-0.4, -0.2) is 14.0 Å². The number of hydrogen-bond donors (Lipinski definition) is 0. The van der Waals surface area contributed by atoms with Gasteiger partial charge in [-0.25, -0.2) is 13.5 Å². The second kappa shape index (κ2) is 3.28. The van der Waals surface area contributed by atoms with Gasteiger partial charge >= 0.3 is 0 Å². The molecular formula is C16H13N4+. The van der Waals surface area contributed by atoms with Gasteiger partial charge in [-0.3, -0.25) is 4.98 Å². The first-order valence-corrected chi connectivity index (χ1v) is 6.55. The van der Waals surface area contributed by atoms with Crippen molar-refractivity contribution in [3.05, 3.63) is 54.5 Å². The van der Waals surface area contributed by atoms with Gasteiger partial charge in [0, 0.05) is 12.3 Å². The minimum absolute atomic E-state index is 0.599. The van der Waals surface area contributed by atoms with Gasteiger partial charge in [-0.2, -0.15) is 0 Å². The summed E-state index contributed by atoms with van der Waals surface area (Å²) in [6, 6.07) is 11.7. The van der Waals surface area contributed by atoms with Crippen LogP contribution in [0.1, 0.15) is 9.81 Å². The summed E-state index contributed by atoms with van der Waals surface area (Å²) >= 11 is 0. The highest BCUT2D eigenvalue weighted by Crippen LogP contribution is 2.32. The molecule has 5 rings (SSSR count). The van der Waals surface area contributed by atoms with Gasteiger partial charge in [0.15, 0.2) is 5.52 Å². The Hall–Kier alpha value is -2.62. The molecule has 4 aromatic heterocycles. The zero-order valence-corrected chi connectivity index (χ0v) is 10.6. The van der Waals surface area contributed by atoms with Crippen LogP contribution in [0, 0.1) is 0 Å². The van der Waals surface area contributed by atoms with Crippen molar-refractivity contribution in [2.45, 2.75) is 6.54 Å². The van der Waals surface area contributed by atoms with Crippen LogP contribution in [0.15, 0.2) is 48.8 Å². The minimum atomic E-state index is -2.26. The normalized spacial score (nSPS) is 15.9. The SMILES string of the molecule is [2H]C([2H])([2H])[n+]1c2n(c3cc4ccccn4c31)Cc1ncccc1-2. The van der Waals surface area contributed by atoms with E-state index in [0.717, 1.165) is 22.3 Å². The van der Waals surface area contributed by atoms with E-state index >= 15 is 0 Å². The average molecular weight is 264 g/mol.